The molecule has 0 aliphatic rings. The van der Waals surface area contributed by atoms with Gasteiger partial charge in [0.25, 0.3) is 0 Å². The van der Waals surface area contributed by atoms with Crippen LogP contribution in [0, 0.1) is 6.92 Å². The molecule has 8 heteroatoms. The summed E-state index contributed by atoms with van der Waals surface area (Å²) in [5.41, 5.74) is 0.555. The van der Waals surface area contributed by atoms with Gasteiger partial charge in [-0.15, -0.1) is 11.3 Å². The van der Waals surface area contributed by atoms with E-state index in [4.69, 9.17) is 5.11 Å². The van der Waals surface area contributed by atoms with Gasteiger partial charge in [-0.3, -0.25) is 4.79 Å². The molecule has 0 atom stereocenters. The number of thiazole rings is 1. The number of aryl methyl sites for hydroxylation is 1. The maximum atomic E-state index is 12.1. The Bertz CT molecular complexity index is 736. The van der Waals surface area contributed by atoms with Gasteiger partial charge in [-0.25, -0.2) is 18.1 Å². The Balaban J connectivity index is 2.06. The average Bonchev–Trinajstić information content (AvgIpc) is 2.82. The first-order chi connectivity index (χ1) is 9.87. The fourth-order valence-corrected chi connectivity index (χ4v) is 3.53. The predicted octanol–water partition coefficient (Wildman–Crippen LogP) is 1.56. The number of aromatic nitrogens is 1. The molecule has 2 aromatic rings. The smallest absolute Gasteiger partial charge is 0.307 e. The van der Waals surface area contributed by atoms with E-state index in [9.17, 15) is 13.2 Å². The molecule has 112 valence electrons. The lowest BCUT2D eigenvalue weighted by Gasteiger charge is -2.06. The molecule has 2 rings (SSSR count). The lowest BCUT2D eigenvalue weighted by molar-refractivity contribution is -0.136. The Morgan fingerprint density at radius 3 is 2.52 bits per heavy atom. The number of rotatable bonds is 6. The first-order valence-electron chi connectivity index (χ1n) is 6.08. The zero-order valence-corrected chi connectivity index (χ0v) is 12.9. The maximum Gasteiger partial charge on any atom is 0.307 e. The molecule has 21 heavy (non-hydrogen) atoms. The van der Waals surface area contributed by atoms with Crippen LogP contribution in [-0.2, 0) is 27.8 Å². The Labute approximate surface area is 126 Å². The summed E-state index contributed by atoms with van der Waals surface area (Å²) in [5, 5.41) is 9.55. The number of nitrogens with zero attached hydrogens (tertiary/aromatic N) is 1. The summed E-state index contributed by atoms with van der Waals surface area (Å²) in [4.78, 5) is 15.6. The summed E-state index contributed by atoms with van der Waals surface area (Å²) >= 11 is 1.43. The summed E-state index contributed by atoms with van der Waals surface area (Å²) in [5.74, 6) is -0.954. The van der Waals surface area contributed by atoms with Crippen LogP contribution in [0.5, 0.6) is 0 Å². The van der Waals surface area contributed by atoms with Crippen LogP contribution in [0.4, 0.5) is 0 Å². The van der Waals surface area contributed by atoms with Gasteiger partial charge in [-0.05, 0) is 24.6 Å². The number of carboxylic acid groups (broad SMARTS) is 1. The van der Waals surface area contributed by atoms with E-state index in [0.29, 0.717) is 5.56 Å². The first-order valence-corrected chi connectivity index (χ1v) is 8.38. The number of carbonyl (C=O) groups is 1. The second kappa shape index (κ2) is 6.33. The monoisotopic (exact) mass is 326 g/mol. The Hall–Kier alpha value is -1.77. The highest BCUT2D eigenvalue weighted by Crippen LogP contribution is 2.14. The molecule has 1 heterocycles. The maximum absolute atomic E-state index is 12.1. The molecule has 2 N–H and O–H groups in total. The third-order valence-electron chi connectivity index (χ3n) is 2.69. The molecule has 0 bridgehead atoms. The fourth-order valence-electron chi connectivity index (χ4n) is 1.70. The number of nitrogens with one attached hydrogen (secondary N) is 1. The van der Waals surface area contributed by atoms with Crippen LogP contribution < -0.4 is 4.72 Å². The average molecular weight is 326 g/mol. The molecule has 0 aliphatic heterocycles. The molecule has 0 radical (unpaired) electrons. The van der Waals surface area contributed by atoms with Crippen LogP contribution in [0.3, 0.4) is 0 Å². The minimum atomic E-state index is -3.61. The van der Waals surface area contributed by atoms with Crippen molar-refractivity contribution in [1.29, 1.82) is 0 Å². The van der Waals surface area contributed by atoms with Crippen molar-refractivity contribution in [3.8, 4) is 0 Å². The first kappa shape index (κ1) is 15.6. The van der Waals surface area contributed by atoms with Crippen molar-refractivity contribution in [1.82, 2.24) is 9.71 Å². The molecule has 0 unspecified atom stereocenters. The lowest BCUT2D eigenvalue weighted by atomic mass is 10.2. The van der Waals surface area contributed by atoms with E-state index in [1.165, 1.54) is 35.6 Å². The van der Waals surface area contributed by atoms with Crippen molar-refractivity contribution in [2.45, 2.75) is 24.8 Å². The minimum Gasteiger partial charge on any atom is -0.481 e. The summed E-state index contributed by atoms with van der Waals surface area (Å²) in [6.07, 6.45) is 1.51. The van der Waals surface area contributed by atoms with Crippen molar-refractivity contribution in [3.05, 3.63) is 45.9 Å². The van der Waals surface area contributed by atoms with Gasteiger partial charge in [0.2, 0.25) is 10.0 Å². The van der Waals surface area contributed by atoms with E-state index in [1.807, 2.05) is 6.92 Å². The molecule has 0 saturated carbocycles. The van der Waals surface area contributed by atoms with E-state index in [2.05, 4.69) is 9.71 Å². The highest BCUT2D eigenvalue weighted by atomic mass is 32.2. The van der Waals surface area contributed by atoms with Gasteiger partial charge in [0, 0.05) is 17.6 Å². The molecular formula is C13H14N2O4S2. The number of aliphatic carboxylic acids is 1. The fraction of sp³-hybridized carbons (Fsp3) is 0.231. The van der Waals surface area contributed by atoms with Crippen molar-refractivity contribution < 1.29 is 18.3 Å². The standard InChI is InChI=1S/C13H14N2O4S2/c1-9-14-7-11(20-9)8-15-21(18,19)12-4-2-10(3-5-12)6-13(16)17/h2-5,7,15H,6,8H2,1H3,(H,16,17). The van der Waals surface area contributed by atoms with Crippen LogP contribution in [0.1, 0.15) is 15.4 Å². The van der Waals surface area contributed by atoms with E-state index in [1.54, 1.807) is 6.20 Å². The molecule has 1 aromatic carbocycles. The van der Waals surface area contributed by atoms with E-state index < -0.39 is 16.0 Å². The van der Waals surface area contributed by atoms with Gasteiger partial charge < -0.3 is 5.11 Å². The van der Waals surface area contributed by atoms with Crippen LogP contribution in [0.25, 0.3) is 0 Å². The van der Waals surface area contributed by atoms with Crippen molar-refractivity contribution in [3.63, 3.8) is 0 Å². The number of sulfonamides is 1. The molecule has 0 fully saturated rings. The summed E-state index contributed by atoms with van der Waals surface area (Å²) in [7, 11) is -3.61. The Kier molecular flexibility index (Phi) is 4.71. The third-order valence-corrected chi connectivity index (χ3v) is 5.02. The van der Waals surface area contributed by atoms with Gasteiger partial charge in [0.05, 0.1) is 16.3 Å². The second-order valence-electron chi connectivity index (χ2n) is 4.38. The largest absolute Gasteiger partial charge is 0.481 e. The van der Waals surface area contributed by atoms with Gasteiger partial charge in [0.15, 0.2) is 0 Å². The van der Waals surface area contributed by atoms with Crippen molar-refractivity contribution in [2.24, 2.45) is 0 Å². The molecule has 6 nitrogen and oxygen atoms in total. The Morgan fingerprint density at radius 1 is 1.33 bits per heavy atom. The summed E-state index contributed by atoms with van der Waals surface area (Å²) in [6, 6.07) is 5.80. The SMILES string of the molecule is Cc1ncc(CNS(=O)(=O)c2ccc(CC(=O)O)cc2)s1. The van der Waals surface area contributed by atoms with Gasteiger partial charge in [-0.2, -0.15) is 0 Å². The van der Waals surface area contributed by atoms with Gasteiger partial charge in [0.1, 0.15) is 0 Å². The molecule has 0 spiro atoms. The number of hydrogen-bond donors (Lipinski definition) is 2. The zero-order valence-electron chi connectivity index (χ0n) is 11.2. The second-order valence-corrected chi connectivity index (χ2v) is 7.47. The van der Waals surface area contributed by atoms with E-state index in [-0.39, 0.29) is 17.9 Å². The molecular weight excluding hydrogens is 312 g/mol. The number of carboxylic acids is 1. The van der Waals surface area contributed by atoms with Crippen LogP contribution in [0.15, 0.2) is 35.4 Å². The predicted molar refractivity (Wildman–Crippen MR) is 78.7 cm³/mol. The number of hydrogen-bond acceptors (Lipinski definition) is 5. The molecule has 0 amide bonds. The van der Waals surface area contributed by atoms with Gasteiger partial charge >= 0.3 is 5.97 Å². The normalized spacial score (nSPS) is 11.5. The molecule has 0 aliphatic carbocycles. The topological polar surface area (TPSA) is 96.4 Å². The lowest BCUT2D eigenvalue weighted by Crippen LogP contribution is -2.22. The van der Waals surface area contributed by atoms with E-state index in [0.717, 1.165) is 9.88 Å². The quantitative estimate of drug-likeness (QED) is 0.840. The highest BCUT2D eigenvalue weighted by Gasteiger charge is 2.14. The van der Waals surface area contributed by atoms with Crippen LogP contribution in [-0.4, -0.2) is 24.5 Å². The summed E-state index contributed by atoms with van der Waals surface area (Å²) in [6.45, 7) is 2.04. The highest BCUT2D eigenvalue weighted by molar-refractivity contribution is 7.89. The van der Waals surface area contributed by atoms with Crippen LogP contribution in [0.2, 0.25) is 0 Å². The zero-order chi connectivity index (χ0) is 15.5. The number of benzene rings is 1. The van der Waals surface area contributed by atoms with Crippen LogP contribution >= 0.6 is 11.3 Å². The summed E-state index contributed by atoms with van der Waals surface area (Å²) < 4.78 is 26.7. The Morgan fingerprint density at radius 2 is 2.00 bits per heavy atom. The van der Waals surface area contributed by atoms with Crippen molar-refractivity contribution >= 4 is 27.3 Å². The molecule has 1 aromatic heterocycles. The molecule has 0 saturated heterocycles. The minimum absolute atomic E-state index is 0.109. The van der Waals surface area contributed by atoms with E-state index >= 15 is 0 Å². The van der Waals surface area contributed by atoms with Gasteiger partial charge in [-0.1, -0.05) is 12.1 Å². The van der Waals surface area contributed by atoms with Crippen molar-refractivity contribution in [2.75, 3.05) is 0 Å². The third kappa shape index (κ3) is 4.35.